The molecule has 1 saturated carbocycles. The molecule has 0 N–H and O–H groups in total. The number of Topliss-reactive ketones (excluding diaryl/α,β-unsaturated/α-hetero) is 1. The van der Waals surface area contributed by atoms with Crippen LogP contribution < -0.4 is 0 Å². The van der Waals surface area contributed by atoms with Gasteiger partial charge in [-0.15, -0.1) is 0 Å². The molecule has 26 heavy (non-hydrogen) atoms. The predicted octanol–water partition coefficient (Wildman–Crippen LogP) is 6.58. The zero-order chi connectivity index (χ0) is 18.7. The number of ketones is 1. The molecule has 0 aliphatic heterocycles. The lowest BCUT2D eigenvalue weighted by Gasteiger charge is -2.28. The number of carbonyl (C=O) groups is 1. The van der Waals surface area contributed by atoms with E-state index in [4.69, 9.17) is 16.6 Å². The van der Waals surface area contributed by atoms with Gasteiger partial charge < -0.3 is 0 Å². The summed E-state index contributed by atoms with van der Waals surface area (Å²) in [5.74, 6) is 1.21. The van der Waals surface area contributed by atoms with Crippen LogP contribution in [0.25, 0.3) is 0 Å². The van der Waals surface area contributed by atoms with Crippen LogP contribution in [0.2, 0.25) is 5.02 Å². The van der Waals surface area contributed by atoms with Crippen LogP contribution in [0, 0.1) is 5.92 Å². The third-order valence-electron chi connectivity index (χ3n) is 5.64. The van der Waals surface area contributed by atoms with Crippen molar-refractivity contribution in [1.82, 2.24) is 4.98 Å². The van der Waals surface area contributed by atoms with E-state index in [-0.39, 0.29) is 11.7 Å². The zero-order valence-corrected chi connectivity index (χ0v) is 16.7. The van der Waals surface area contributed by atoms with Gasteiger partial charge in [-0.3, -0.25) is 4.79 Å². The molecule has 0 bridgehead atoms. The average Bonchev–Trinajstić information content (AvgIpc) is 2.67. The van der Waals surface area contributed by atoms with Crippen LogP contribution in [0.4, 0.5) is 0 Å². The Morgan fingerprint density at radius 2 is 1.73 bits per heavy atom. The van der Waals surface area contributed by atoms with Crippen LogP contribution in [-0.4, -0.2) is 10.8 Å². The van der Waals surface area contributed by atoms with Gasteiger partial charge in [0, 0.05) is 16.6 Å². The second-order valence-corrected chi connectivity index (χ2v) is 8.15. The van der Waals surface area contributed by atoms with Crippen LogP contribution in [0.15, 0.2) is 36.4 Å². The van der Waals surface area contributed by atoms with E-state index in [1.807, 2.05) is 12.1 Å². The van der Waals surface area contributed by atoms with Crippen molar-refractivity contribution in [3.05, 3.63) is 63.9 Å². The number of carbonyl (C=O) groups excluding carboxylic acids is 1. The van der Waals surface area contributed by atoms with Gasteiger partial charge in [-0.1, -0.05) is 50.6 Å². The highest BCUT2D eigenvalue weighted by Crippen LogP contribution is 2.38. The second kappa shape index (κ2) is 8.35. The first-order valence-corrected chi connectivity index (χ1v) is 10.2. The van der Waals surface area contributed by atoms with Crippen molar-refractivity contribution < 1.29 is 4.79 Å². The van der Waals surface area contributed by atoms with Gasteiger partial charge in [0.2, 0.25) is 0 Å². The minimum Gasteiger partial charge on any atom is -0.292 e. The Kier molecular flexibility index (Phi) is 6.13. The number of rotatable bonds is 5. The molecule has 0 unspecified atom stereocenters. The monoisotopic (exact) mass is 369 g/mol. The molecule has 0 radical (unpaired) electrons. The van der Waals surface area contributed by atoms with Crippen molar-refractivity contribution in [3.63, 3.8) is 0 Å². The Balaban J connectivity index is 1.73. The molecule has 2 nitrogen and oxygen atoms in total. The molecule has 1 aromatic carbocycles. The molecule has 0 amide bonds. The van der Waals surface area contributed by atoms with Gasteiger partial charge >= 0.3 is 0 Å². The van der Waals surface area contributed by atoms with E-state index >= 15 is 0 Å². The number of aromatic nitrogens is 1. The quantitative estimate of drug-likeness (QED) is 0.557. The van der Waals surface area contributed by atoms with Crippen LogP contribution in [-0.2, 0) is 6.42 Å². The standard InChI is InChI=1S/C23H28ClNO/c1-4-20-13-14-21(15(2)3)22(25-20)23(26)18-7-5-16(6-8-18)17-9-11-19(24)12-10-17/h9-16,18H,4-8H2,1-3H3. The van der Waals surface area contributed by atoms with Crippen LogP contribution in [0.5, 0.6) is 0 Å². The van der Waals surface area contributed by atoms with Gasteiger partial charge in [0.15, 0.2) is 5.78 Å². The van der Waals surface area contributed by atoms with Crippen molar-refractivity contribution in [3.8, 4) is 0 Å². The average molecular weight is 370 g/mol. The Labute approximate surface area is 162 Å². The lowest BCUT2D eigenvalue weighted by molar-refractivity contribution is 0.0877. The second-order valence-electron chi connectivity index (χ2n) is 7.71. The summed E-state index contributed by atoms with van der Waals surface area (Å²) in [6.45, 7) is 6.36. The van der Waals surface area contributed by atoms with E-state index in [9.17, 15) is 4.79 Å². The minimum absolute atomic E-state index is 0.107. The smallest absolute Gasteiger partial charge is 0.184 e. The van der Waals surface area contributed by atoms with Gasteiger partial charge in [-0.2, -0.15) is 0 Å². The number of benzene rings is 1. The molecule has 1 fully saturated rings. The van der Waals surface area contributed by atoms with Gasteiger partial charge in [0.05, 0.1) is 0 Å². The molecule has 0 saturated heterocycles. The highest BCUT2D eigenvalue weighted by atomic mass is 35.5. The Hall–Kier alpha value is -1.67. The molecule has 1 heterocycles. The zero-order valence-electron chi connectivity index (χ0n) is 16.0. The molecular weight excluding hydrogens is 342 g/mol. The maximum atomic E-state index is 13.2. The highest BCUT2D eigenvalue weighted by molar-refractivity contribution is 6.30. The molecule has 1 aliphatic rings. The summed E-state index contributed by atoms with van der Waals surface area (Å²) in [5.41, 5.74) is 4.16. The first-order valence-electron chi connectivity index (χ1n) is 9.79. The normalized spacial score (nSPS) is 20.3. The molecule has 2 aromatic rings. The van der Waals surface area contributed by atoms with E-state index in [2.05, 4.69) is 45.0 Å². The van der Waals surface area contributed by atoms with Gasteiger partial charge in [0.25, 0.3) is 0 Å². The SMILES string of the molecule is CCc1ccc(C(C)C)c(C(=O)C2CCC(c3ccc(Cl)cc3)CC2)n1. The summed E-state index contributed by atoms with van der Waals surface area (Å²) in [4.78, 5) is 17.9. The third-order valence-corrected chi connectivity index (χ3v) is 5.89. The van der Waals surface area contributed by atoms with E-state index in [0.717, 1.165) is 48.4 Å². The lowest BCUT2D eigenvalue weighted by atomic mass is 9.76. The predicted molar refractivity (Wildman–Crippen MR) is 108 cm³/mol. The van der Waals surface area contributed by atoms with E-state index in [0.29, 0.717) is 17.5 Å². The summed E-state index contributed by atoms with van der Waals surface area (Å²) in [7, 11) is 0. The molecule has 3 heteroatoms. The molecule has 3 rings (SSSR count). The van der Waals surface area contributed by atoms with E-state index < -0.39 is 0 Å². The van der Waals surface area contributed by atoms with Gasteiger partial charge in [0.1, 0.15) is 5.69 Å². The van der Waals surface area contributed by atoms with Crippen molar-refractivity contribution >= 4 is 17.4 Å². The first kappa shape index (κ1) is 19.1. The Morgan fingerprint density at radius 3 is 2.31 bits per heavy atom. The van der Waals surface area contributed by atoms with Crippen molar-refractivity contribution in [2.75, 3.05) is 0 Å². The van der Waals surface area contributed by atoms with Crippen LogP contribution in [0.1, 0.15) is 85.6 Å². The van der Waals surface area contributed by atoms with Crippen molar-refractivity contribution in [1.29, 1.82) is 0 Å². The summed E-state index contributed by atoms with van der Waals surface area (Å²) < 4.78 is 0. The largest absolute Gasteiger partial charge is 0.292 e. The van der Waals surface area contributed by atoms with Crippen LogP contribution >= 0.6 is 11.6 Å². The highest BCUT2D eigenvalue weighted by Gasteiger charge is 2.30. The van der Waals surface area contributed by atoms with Gasteiger partial charge in [-0.25, -0.2) is 4.98 Å². The molecule has 1 aromatic heterocycles. The van der Waals surface area contributed by atoms with E-state index in [1.165, 1.54) is 5.56 Å². The molecule has 0 atom stereocenters. The Morgan fingerprint density at radius 1 is 1.08 bits per heavy atom. The van der Waals surface area contributed by atoms with Crippen molar-refractivity contribution in [2.24, 2.45) is 5.92 Å². The topological polar surface area (TPSA) is 30.0 Å². The molecule has 138 valence electrons. The number of hydrogen-bond donors (Lipinski definition) is 0. The summed E-state index contributed by atoms with van der Waals surface area (Å²) in [6.07, 6.45) is 4.87. The number of halogens is 1. The summed E-state index contributed by atoms with van der Waals surface area (Å²) in [6, 6.07) is 12.3. The summed E-state index contributed by atoms with van der Waals surface area (Å²) in [5, 5.41) is 0.778. The number of pyridine rings is 1. The fraction of sp³-hybridized carbons (Fsp3) is 0.478. The fourth-order valence-electron chi connectivity index (χ4n) is 3.99. The Bertz CT molecular complexity index is 758. The maximum absolute atomic E-state index is 13.2. The molecule has 0 spiro atoms. The molecular formula is C23H28ClNO. The van der Waals surface area contributed by atoms with E-state index in [1.54, 1.807) is 0 Å². The maximum Gasteiger partial charge on any atom is 0.184 e. The number of nitrogens with zero attached hydrogens (tertiary/aromatic N) is 1. The van der Waals surface area contributed by atoms with Gasteiger partial charge in [-0.05, 0) is 73.3 Å². The lowest BCUT2D eigenvalue weighted by Crippen LogP contribution is -2.23. The number of hydrogen-bond acceptors (Lipinski definition) is 2. The molecule has 1 aliphatic carbocycles. The third kappa shape index (κ3) is 4.17. The van der Waals surface area contributed by atoms with Crippen molar-refractivity contribution in [2.45, 2.75) is 64.7 Å². The fourth-order valence-corrected chi connectivity index (χ4v) is 4.11. The first-order chi connectivity index (χ1) is 12.5. The summed E-state index contributed by atoms with van der Waals surface area (Å²) >= 11 is 6.00. The number of aryl methyl sites for hydroxylation is 1. The van der Waals surface area contributed by atoms with Crippen LogP contribution in [0.3, 0.4) is 0 Å². The minimum atomic E-state index is 0.107.